The predicted octanol–water partition coefficient (Wildman–Crippen LogP) is 3.28. The molecule has 0 spiro atoms. The number of rotatable bonds is 6. The third-order valence-electron chi connectivity index (χ3n) is 2.38. The first-order valence-electron chi connectivity index (χ1n) is 5.20. The van der Waals surface area contributed by atoms with Crippen molar-refractivity contribution >= 4 is 14.4 Å². The zero-order valence-electron chi connectivity index (χ0n) is 9.60. The Morgan fingerprint density at radius 1 is 1.43 bits per heavy atom. The summed E-state index contributed by atoms with van der Waals surface area (Å²) < 4.78 is 18.6. The van der Waals surface area contributed by atoms with Crippen molar-refractivity contribution in [2.75, 3.05) is 6.61 Å². The Morgan fingerprint density at radius 3 is 2.36 bits per heavy atom. The first-order chi connectivity index (χ1) is 6.38. The van der Waals surface area contributed by atoms with Crippen molar-refractivity contribution < 1.29 is 13.6 Å². The standard InChI is InChI=1S/C10H21FO2Si/c1-5-6-10(14(3,4)11)7-8-13-9(2)12/h10H,5-8H2,1-4H3. The number of esters is 1. The summed E-state index contributed by atoms with van der Waals surface area (Å²) >= 11 is 0. The largest absolute Gasteiger partial charge is 0.466 e. The molecule has 0 saturated carbocycles. The van der Waals surface area contributed by atoms with Crippen molar-refractivity contribution in [1.29, 1.82) is 0 Å². The van der Waals surface area contributed by atoms with Crippen molar-refractivity contribution in [2.45, 2.75) is 51.7 Å². The Bertz CT molecular complexity index is 177. The fourth-order valence-corrected chi connectivity index (χ4v) is 3.30. The minimum atomic E-state index is -2.57. The van der Waals surface area contributed by atoms with Gasteiger partial charge < -0.3 is 8.84 Å². The SMILES string of the molecule is CCCC(CCOC(C)=O)[Si](C)(C)F. The van der Waals surface area contributed by atoms with Gasteiger partial charge in [0.05, 0.1) is 6.61 Å². The summed E-state index contributed by atoms with van der Waals surface area (Å²) in [5.74, 6) is -0.279. The number of ether oxygens (including phenoxy) is 1. The molecular weight excluding hydrogens is 199 g/mol. The van der Waals surface area contributed by atoms with E-state index in [-0.39, 0.29) is 11.5 Å². The van der Waals surface area contributed by atoms with E-state index in [0.717, 1.165) is 12.8 Å². The van der Waals surface area contributed by atoms with Gasteiger partial charge in [0, 0.05) is 6.92 Å². The first-order valence-corrected chi connectivity index (χ1v) is 8.15. The number of carbonyl (C=O) groups excluding carboxylic acids is 1. The van der Waals surface area contributed by atoms with E-state index >= 15 is 0 Å². The molecule has 0 aliphatic rings. The Kier molecular flexibility index (Phi) is 6.00. The highest BCUT2D eigenvalue weighted by atomic mass is 28.4. The van der Waals surface area contributed by atoms with Gasteiger partial charge in [-0.1, -0.05) is 19.8 Å². The maximum atomic E-state index is 13.8. The van der Waals surface area contributed by atoms with Gasteiger partial charge in [0.15, 0.2) is 0 Å². The van der Waals surface area contributed by atoms with Crippen molar-refractivity contribution in [1.82, 2.24) is 0 Å². The third-order valence-corrected chi connectivity index (χ3v) is 4.90. The lowest BCUT2D eigenvalue weighted by Crippen LogP contribution is -2.28. The molecule has 0 bridgehead atoms. The molecule has 0 amide bonds. The summed E-state index contributed by atoms with van der Waals surface area (Å²) in [4.78, 5) is 10.5. The van der Waals surface area contributed by atoms with E-state index in [1.165, 1.54) is 6.92 Å². The quantitative estimate of drug-likeness (QED) is 0.390. The van der Waals surface area contributed by atoms with Gasteiger partial charge >= 0.3 is 5.97 Å². The van der Waals surface area contributed by atoms with Gasteiger partial charge in [-0.05, 0) is 25.1 Å². The highest BCUT2D eigenvalue weighted by Crippen LogP contribution is 2.31. The fourth-order valence-electron chi connectivity index (χ4n) is 1.52. The zero-order valence-corrected chi connectivity index (χ0v) is 10.6. The minimum Gasteiger partial charge on any atom is -0.466 e. The van der Waals surface area contributed by atoms with Gasteiger partial charge in [-0.15, -0.1) is 0 Å². The van der Waals surface area contributed by atoms with Crippen LogP contribution in [0.25, 0.3) is 0 Å². The molecule has 14 heavy (non-hydrogen) atoms. The molecule has 0 aromatic heterocycles. The van der Waals surface area contributed by atoms with Crippen LogP contribution in [0.1, 0.15) is 33.1 Å². The van der Waals surface area contributed by atoms with Crippen molar-refractivity contribution in [3.8, 4) is 0 Å². The molecule has 0 aliphatic carbocycles. The third kappa shape index (κ3) is 6.13. The second-order valence-corrected chi connectivity index (χ2v) is 8.12. The van der Waals surface area contributed by atoms with E-state index in [2.05, 4.69) is 6.92 Å². The lowest BCUT2D eigenvalue weighted by atomic mass is 10.2. The summed E-state index contributed by atoms with van der Waals surface area (Å²) in [6.07, 6.45) is 2.56. The average molecular weight is 220 g/mol. The first kappa shape index (κ1) is 13.6. The molecule has 0 radical (unpaired) electrons. The monoisotopic (exact) mass is 220 g/mol. The van der Waals surface area contributed by atoms with Crippen LogP contribution >= 0.6 is 0 Å². The average Bonchev–Trinajstić information content (AvgIpc) is 2.00. The van der Waals surface area contributed by atoms with E-state index < -0.39 is 8.41 Å². The predicted molar refractivity (Wildman–Crippen MR) is 58.5 cm³/mol. The molecule has 0 aliphatic heterocycles. The molecule has 84 valence electrons. The van der Waals surface area contributed by atoms with Crippen LogP contribution in [0.2, 0.25) is 18.6 Å². The lowest BCUT2D eigenvalue weighted by molar-refractivity contribution is -0.141. The van der Waals surface area contributed by atoms with Crippen LogP contribution in [0.5, 0.6) is 0 Å². The highest BCUT2D eigenvalue weighted by Gasteiger charge is 2.31. The van der Waals surface area contributed by atoms with E-state index in [9.17, 15) is 8.90 Å². The van der Waals surface area contributed by atoms with Crippen LogP contribution in [-0.2, 0) is 9.53 Å². The van der Waals surface area contributed by atoms with Crippen LogP contribution in [0, 0.1) is 0 Å². The summed E-state index contributed by atoms with van der Waals surface area (Å²) in [5, 5.41) is 0. The van der Waals surface area contributed by atoms with Crippen LogP contribution in [-0.4, -0.2) is 21.0 Å². The van der Waals surface area contributed by atoms with Gasteiger partial charge in [-0.3, -0.25) is 4.79 Å². The summed E-state index contributed by atoms with van der Waals surface area (Å²) in [6, 6.07) is 0. The normalized spacial score (nSPS) is 13.8. The number of hydrogen-bond acceptors (Lipinski definition) is 2. The smallest absolute Gasteiger partial charge is 0.302 e. The number of carbonyl (C=O) groups is 1. The van der Waals surface area contributed by atoms with E-state index in [1.807, 2.05) is 0 Å². The highest BCUT2D eigenvalue weighted by molar-refractivity contribution is 6.72. The Balaban J connectivity index is 3.92. The Hall–Kier alpha value is -0.383. The van der Waals surface area contributed by atoms with Crippen LogP contribution in [0.15, 0.2) is 0 Å². The molecule has 2 nitrogen and oxygen atoms in total. The van der Waals surface area contributed by atoms with Crippen LogP contribution < -0.4 is 0 Å². The van der Waals surface area contributed by atoms with Crippen molar-refractivity contribution in [3.63, 3.8) is 0 Å². The van der Waals surface area contributed by atoms with Gasteiger partial charge in [0.1, 0.15) is 0 Å². The van der Waals surface area contributed by atoms with Gasteiger partial charge in [0.2, 0.25) is 8.41 Å². The summed E-state index contributed by atoms with van der Waals surface area (Å²) in [7, 11) is -2.57. The van der Waals surface area contributed by atoms with Crippen LogP contribution in [0.4, 0.5) is 4.11 Å². The van der Waals surface area contributed by atoms with Gasteiger partial charge in [-0.25, -0.2) is 0 Å². The molecule has 1 unspecified atom stereocenters. The Labute approximate surface area is 87.0 Å². The van der Waals surface area contributed by atoms with Gasteiger partial charge in [0.25, 0.3) is 0 Å². The molecule has 0 aromatic carbocycles. The molecule has 0 heterocycles. The second-order valence-electron chi connectivity index (χ2n) is 4.18. The van der Waals surface area contributed by atoms with E-state index in [4.69, 9.17) is 4.74 Å². The molecule has 0 saturated heterocycles. The topological polar surface area (TPSA) is 26.3 Å². The minimum absolute atomic E-state index is 0.117. The zero-order chi connectivity index (χ0) is 11.2. The lowest BCUT2D eigenvalue weighted by Gasteiger charge is -2.23. The number of hydrogen-bond donors (Lipinski definition) is 0. The maximum Gasteiger partial charge on any atom is 0.302 e. The molecule has 0 fully saturated rings. The summed E-state index contributed by atoms with van der Waals surface area (Å²) in [5.41, 5.74) is 0.117. The molecular formula is C10H21FO2Si. The second kappa shape index (κ2) is 6.17. The van der Waals surface area contributed by atoms with E-state index in [0.29, 0.717) is 13.0 Å². The van der Waals surface area contributed by atoms with Crippen LogP contribution in [0.3, 0.4) is 0 Å². The maximum absolute atomic E-state index is 13.8. The molecule has 1 atom stereocenters. The molecule has 0 rings (SSSR count). The van der Waals surface area contributed by atoms with E-state index in [1.54, 1.807) is 13.1 Å². The van der Waals surface area contributed by atoms with Gasteiger partial charge in [-0.2, -0.15) is 0 Å². The summed E-state index contributed by atoms with van der Waals surface area (Å²) in [6.45, 7) is 7.24. The molecule has 0 aromatic rings. The molecule has 0 N–H and O–H groups in total. The Morgan fingerprint density at radius 2 is 2.00 bits per heavy atom. The molecule has 4 heteroatoms. The van der Waals surface area contributed by atoms with Crippen molar-refractivity contribution in [2.24, 2.45) is 0 Å². The fraction of sp³-hybridized carbons (Fsp3) is 0.900. The number of halogens is 1. The van der Waals surface area contributed by atoms with Crippen molar-refractivity contribution in [3.05, 3.63) is 0 Å².